The average molecular weight is 245 g/mol. The number of rotatable bonds is 3. The van der Waals surface area contributed by atoms with Crippen molar-refractivity contribution in [3.63, 3.8) is 0 Å². The van der Waals surface area contributed by atoms with Gasteiger partial charge in [-0.3, -0.25) is 4.79 Å². The maximum Gasteiger partial charge on any atom is 0.243 e. The Hall–Kier alpha value is -0.353. The third kappa shape index (κ3) is 5.65. The second kappa shape index (κ2) is 4.88. The molecule has 0 atom stereocenters. The summed E-state index contributed by atoms with van der Waals surface area (Å²) in [5.74, 6) is -0.0303. The van der Waals surface area contributed by atoms with Gasteiger partial charge in [0, 0.05) is 6.42 Å². The summed E-state index contributed by atoms with van der Waals surface area (Å²) in [5, 5.41) is 0.113. The molecule has 0 bridgehead atoms. The van der Waals surface area contributed by atoms with Crippen molar-refractivity contribution in [1.29, 1.82) is 0 Å². The van der Waals surface area contributed by atoms with E-state index in [2.05, 4.69) is 39.3 Å². The predicted molar refractivity (Wildman–Crippen MR) is 70.5 cm³/mol. The summed E-state index contributed by atoms with van der Waals surface area (Å²) in [5.41, 5.74) is 2.61. The van der Waals surface area contributed by atoms with E-state index in [0.717, 1.165) is 0 Å². The second-order valence-corrected chi connectivity index (χ2v) is 11.8. The molecular formula is C12H27NO2Si. The van der Waals surface area contributed by atoms with Crippen LogP contribution >= 0.6 is 0 Å². The quantitative estimate of drug-likeness (QED) is 0.610. The van der Waals surface area contributed by atoms with E-state index in [-0.39, 0.29) is 16.4 Å². The lowest BCUT2D eigenvalue weighted by molar-refractivity contribution is -0.130. The van der Waals surface area contributed by atoms with Gasteiger partial charge in [0.2, 0.25) is 14.2 Å². The van der Waals surface area contributed by atoms with Gasteiger partial charge < -0.3 is 4.53 Å². The Kier molecular flexibility index (Phi) is 4.77. The molecule has 0 fully saturated rings. The van der Waals surface area contributed by atoms with Crippen molar-refractivity contribution >= 4 is 14.2 Å². The van der Waals surface area contributed by atoms with Crippen LogP contribution in [0.5, 0.6) is 0 Å². The molecule has 0 heterocycles. The summed E-state index contributed by atoms with van der Waals surface area (Å²) in [4.78, 5) is 11.6. The standard InChI is InChI=1S/C12H27NO2Si/c1-11(2,3)9-10(14)13-15-16(7,8)12(4,5)6/h9H2,1-8H3,(H,13,14). The number of carbonyl (C=O) groups excluding carboxylic acids is 1. The molecular weight excluding hydrogens is 218 g/mol. The third-order valence-electron chi connectivity index (χ3n) is 2.92. The number of hydroxylamine groups is 1. The minimum Gasteiger partial charge on any atom is -0.320 e. The van der Waals surface area contributed by atoms with Crippen LogP contribution in [0.3, 0.4) is 0 Å². The van der Waals surface area contributed by atoms with Crippen LogP contribution in [0.4, 0.5) is 0 Å². The van der Waals surface area contributed by atoms with Crippen molar-refractivity contribution < 1.29 is 9.32 Å². The Morgan fingerprint density at radius 1 is 1.12 bits per heavy atom. The van der Waals surface area contributed by atoms with Gasteiger partial charge in [-0.1, -0.05) is 41.5 Å². The fourth-order valence-corrected chi connectivity index (χ4v) is 1.53. The molecule has 0 saturated carbocycles. The normalized spacial score (nSPS) is 13.8. The lowest BCUT2D eigenvalue weighted by atomic mass is 9.92. The number of hydrogen-bond donors (Lipinski definition) is 1. The Labute approximate surface area is 101 Å². The van der Waals surface area contributed by atoms with Crippen molar-refractivity contribution in [3.8, 4) is 0 Å². The highest BCUT2D eigenvalue weighted by Crippen LogP contribution is 2.35. The summed E-state index contributed by atoms with van der Waals surface area (Å²) in [7, 11) is -1.87. The SMILES string of the molecule is CC(C)(C)CC(=O)NO[Si](C)(C)C(C)(C)C. The van der Waals surface area contributed by atoms with E-state index in [4.69, 9.17) is 4.53 Å². The highest BCUT2D eigenvalue weighted by molar-refractivity contribution is 6.74. The van der Waals surface area contributed by atoms with Crippen LogP contribution in [0.15, 0.2) is 0 Å². The largest absolute Gasteiger partial charge is 0.320 e. The van der Waals surface area contributed by atoms with Crippen LogP contribution in [0.25, 0.3) is 0 Å². The number of hydrogen-bond acceptors (Lipinski definition) is 2. The maximum absolute atomic E-state index is 11.6. The van der Waals surface area contributed by atoms with Gasteiger partial charge in [0.1, 0.15) is 0 Å². The first-order valence-electron chi connectivity index (χ1n) is 5.82. The summed E-state index contributed by atoms with van der Waals surface area (Å²) in [6.45, 7) is 16.8. The number of amides is 1. The molecule has 4 heteroatoms. The van der Waals surface area contributed by atoms with Gasteiger partial charge >= 0.3 is 0 Å². The molecule has 0 aliphatic carbocycles. The number of nitrogens with one attached hydrogen (secondary N) is 1. The van der Waals surface area contributed by atoms with Crippen LogP contribution in [0.2, 0.25) is 18.1 Å². The molecule has 0 aromatic heterocycles. The molecule has 1 amide bonds. The fraction of sp³-hybridized carbons (Fsp3) is 0.917. The molecule has 0 aliphatic rings. The monoisotopic (exact) mass is 245 g/mol. The first-order chi connectivity index (χ1) is 6.85. The van der Waals surface area contributed by atoms with E-state index in [1.54, 1.807) is 0 Å². The molecule has 0 saturated heterocycles. The molecule has 0 radical (unpaired) electrons. The zero-order chi connectivity index (χ0) is 13.2. The summed E-state index contributed by atoms with van der Waals surface area (Å²) in [6, 6.07) is 0. The maximum atomic E-state index is 11.6. The topological polar surface area (TPSA) is 38.3 Å². The zero-order valence-electron chi connectivity index (χ0n) is 12.0. The molecule has 0 aromatic rings. The van der Waals surface area contributed by atoms with Gasteiger partial charge in [-0.05, 0) is 23.5 Å². The van der Waals surface area contributed by atoms with Crippen LogP contribution in [0.1, 0.15) is 48.0 Å². The molecule has 1 N–H and O–H groups in total. The third-order valence-corrected chi connectivity index (χ3v) is 7.14. The van der Waals surface area contributed by atoms with E-state index < -0.39 is 8.32 Å². The van der Waals surface area contributed by atoms with Crippen LogP contribution in [0, 0.1) is 5.41 Å². The van der Waals surface area contributed by atoms with Crippen LogP contribution in [-0.2, 0) is 9.32 Å². The van der Waals surface area contributed by atoms with E-state index >= 15 is 0 Å². The van der Waals surface area contributed by atoms with Crippen molar-refractivity contribution in [3.05, 3.63) is 0 Å². The van der Waals surface area contributed by atoms with Gasteiger partial charge in [-0.25, -0.2) is 5.48 Å². The first kappa shape index (κ1) is 15.6. The highest BCUT2D eigenvalue weighted by Gasteiger charge is 2.38. The lowest BCUT2D eigenvalue weighted by Gasteiger charge is -2.35. The molecule has 0 rings (SSSR count). The van der Waals surface area contributed by atoms with E-state index in [1.807, 2.05) is 20.8 Å². The predicted octanol–water partition coefficient (Wildman–Crippen LogP) is 3.48. The summed E-state index contributed by atoms with van der Waals surface area (Å²) in [6.07, 6.45) is 0.488. The Morgan fingerprint density at radius 2 is 1.56 bits per heavy atom. The fourth-order valence-electron chi connectivity index (χ4n) is 0.855. The van der Waals surface area contributed by atoms with Crippen molar-refractivity contribution in [2.75, 3.05) is 0 Å². The molecule has 16 heavy (non-hydrogen) atoms. The summed E-state index contributed by atoms with van der Waals surface area (Å²) < 4.78 is 5.64. The van der Waals surface area contributed by atoms with Gasteiger partial charge in [0.05, 0.1) is 0 Å². The molecule has 3 nitrogen and oxygen atoms in total. The molecule has 0 aromatic carbocycles. The minimum atomic E-state index is -1.87. The van der Waals surface area contributed by atoms with E-state index in [9.17, 15) is 4.79 Å². The molecule has 0 aliphatic heterocycles. The highest BCUT2D eigenvalue weighted by atomic mass is 28.4. The van der Waals surface area contributed by atoms with E-state index in [0.29, 0.717) is 6.42 Å². The van der Waals surface area contributed by atoms with Crippen molar-refractivity contribution in [1.82, 2.24) is 5.48 Å². The van der Waals surface area contributed by atoms with E-state index in [1.165, 1.54) is 0 Å². The zero-order valence-corrected chi connectivity index (χ0v) is 13.0. The van der Waals surface area contributed by atoms with Gasteiger partial charge in [-0.2, -0.15) is 0 Å². The Bertz CT molecular complexity index is 249. The van der Waals surface area contributed by atoms with Crippen molar-refractivity contribution in [2.24, 2.45) is 5.41 Å². The molecule has 0 spiro atoms. The van der Waals surface area contributed by atoms with Crippen LogP contribution < -0.4 is 5.48 Å². The molecule has 96 valence electrons. The average Bonchev–Trinajstić information content (AvgIpc) is 1.95. The van der Waals surface area contributed by atoms with Gasteiger partial charge in [0.15, 0.2) is 0 Å². The minimum absolute atomic E-state index is 0.000867. The smallest absolute Gasteiger partial charge is 0.243 e. The number of carbonyl (C=O) groups is 1. The lowest BCUT2D eigenvalue weighted by Crippen LogP contribution is -2.47. The second-order valence-electron chi connectivity index (χ2n) is 7.13. The van der Waals surface area contributed by atoms with Crippen LogP contribution in [-0.4, -0.2) is 14.2 Å². The molecule has 0 unspecified atom stereocenters. The first-order valence-corrected chi connectivity index (χ1v) is 8.73. The van der Waals surface area contributed by atoms with Crippen molar-refractivity contribution in [2.45, 2.75) is 66.1 Å². The van der Waals surface area contributed by atoms with Gasteiger partial charge in [0.25, 0.3) is 0 Å². The summed E-state index contributed by atoms with van der Waals surface area (Å²) >= 11 is 0. The Balaban J connectivity index is 4.22. The Morgan fingerprint density at radius 3 is 1.88 bits per heavy atom. The van der Waals surface area contributed by atoms with Gasteiger partial charge in [-0.15, -0.1) is 0 Å².